The Kier molecular flexibility index (Phi) is 5.60. The lowest BCUT2D eigenvalue weighted by molar-refractivity contribution is 0.0980. The predicted octanol–water partition coefficient (Wildman–Crippen LogP) is 3.12. The van der Waals surface area contributed by atoms with Gasteiger partial charge in [0.2, 0.25) is 0 Å². The Balaban J connectivity index is 2.22. The molecule has 0 aliphatic carbocycles. The number of hydrogen-bond donors (Lipinski definition) is 0. The summed E-state index contributed by atoms with van der Waals surface area (Å²) in [6, 6.07) is 3.72. The Morgan fingerprint density at radius 3 is 2.77 bits per heavy atom. The molecule has 5 nitrogen and oxygen atoms in total. The molecule has 0 saturated carbocycles. The molecule has 0 N–H and O–H groups in total. The topological polar surface area (TPSA) is 51.0 Å². The number of aromatic nitrogens is 3. The van der Waals surface area contributed by atoms with E-state index in [0.717, 1.165) is 17.3 Å². The molecule has 2 aromatic rings. The SMILES string of the molecule is CCN(C(=O)c1cnc(CSC(C)C)n1C)c1cccnc1. The molecule has 0 aromatic carbocycles. The van der Waals surface area contributed by atoms with Gasteiger partial charge in [0, 0.05) is 19.8 Å². The van der Waals surface area contributed by atoms with Crippen LogP contribution < -0.4 is 4.90 Å². The van der Waals surface area contributed by atoms with E-state index in [-0.39, 0.29) is 5.91 Å². The molecule has 2 rings (SSSR count). The van der Waals surface area contributed by atoms with E-state index in [2.05, 4.69) is 23.8 Å². The molecule has 1 amide bonds. The maximum atomic E-state index is 12.8. The molecule has 0 aliphatic rings. The van der Waals surface area contributed by atoms with E-state index in [0.29, 0.717) is 17.5 Å². The first kappa shape index (κ1) is 16.5. The van der Waals surface area contributed by atoms with Gasteiger partial charge in [-0.2, -0.15) is 11.8 Å². The fourth-order valence-electron chi connectivity index (χ4n) is 2.12. The van der Waals surface area contributed by atoms with Crippen LogP contribution in [0.15, 0.2) is 30.7 Å². The second kappa shape index (κ2) is 7.45. The third-order valence-corrected chi connectivity index (χ3v) is 4.46. The van der Waals surface area contributed by atoms with Crippen LogP contribution in [0.2, 0.25) is 0 Å². The van der Waals surface area contributed by atoms with Crippen molar-refractivity contribution in [3.8, 4) is 0 Å². The van der Waals surface area contributed by atoms with E-state index < -0.39 is 0 Å². The molecular weight excluding hydrogens is 296 g/mol. The minimum atomic E-state index is -0.0497. The zero-order chi connectivity index (χ0) is 16.1. The summed E-state index contributed by atoms with van der Waals surface area (Å²) < 4.78 is 1.89. The number of rotatable bonds is 6. The number of carbonyl (C=O) groups excluding carboxylic acids is 1. The quantitative estimate of drug-likeness (QED) is 0.821. The van der Waals surface area contributed by atoms with E-state index in [1.54, 1.807) is 23.5 Å². The van der Waals surface area contributed by atoms with E-state index in [9.17, 15) is 4.79 Å². The molecule has 0 saturated heterocycles. The summed E-state index contributed by atoms with van der Waals surface area (Å²) in [5.41, 5.74) is 1.40. The number of anilines is 1. The van der Waals surface area contributed by atoms with E-state index in [4.69, 9.17) is 0 Å². The Morgan fingerprint density at radius 1 is 1.41 bits per heavy atom. The van der Waals surface area contributed by atoms with Crippen molar-refractivity contribution in [3.63, 3.8) is 0 Å². The van der Waals surface area contributed by atoms with Crippen LogP contribution in [-0.4, -0.2) is 32.2 Å². The molecule has 0 aliphatic heterocycles. The van der Waals surface area contributed by atoms with Crippen LogP contribution in [0.25, 0.3) is 0 Å². The molecule has 2 heterocycles. The molecule has 118 valence electrons. The van der Waals surface area contributed by atoms with Gasteiger partial charge in [0.1, 0.15) is 11.5 Å². The van der Waals surface area contributed by atoms with Gasteiger partial charge >= 0.3 is 0 Å². The zero-order valence-corrected chi connectivity index (χ0v) is 14.3. The summed E-state index contributed by atoms with van der Waals surface area (Å²) in [6.07, 6.45) is 5.07. The summed E-state index contributed by atoms with van der Waals surface area (Å²) >= 11 is 1.82. The van der Waals surface area contributed by atoms with Crippen LogP contribution in [0.1, 0.15) is 37.1 Å². The Labute approximate surface area is 135 Å². The molecule has 6 heteroatoms. The average Bonchev–Trinajstić information content (AvgIpc) is 2.88. The summed E-state index contributed by atoms with van der Waals surface area (Å²) in [5, 5.41) is 0.540. The van der Waals surface area contributed by atoms with Crippen molar-refractivity contribution in [1.82, 2.24) is 14.5 Å². The van der Waals surface area contributed by atoms with Crippen LogP contribution in [0.3, 0.4) is 0 Å². The highest BCUT2D eigenvalue weighted by Crippen LogP contribution is 2.19. The summed E-state index contributed by atoms with van der Waals surface area (Å²) in [6.45, 7) is 6.85. The van der Waals surface area contributed by atoms with Gasteiger partial charge < -0.3 is 9.47 Å². The Hall–Kier alpha value is -1.82. The standard InChI is InChI=1S/C16H22N4OS/c1-5-20(13-7-6-8-17-9-13)16(21)14-10-18-15(19(14)4)11-22-12(2)3/h6-10,12H,5,11H2,1-4H3. The van der Waals surface area contributed by atoms with Crippen LogP contribution in [-0.2, 0) is 12.8 Å². The van der Waals surface area contributed by atoms with Crippen LogP contribution >= 0.6 is 11.8 Å². The minimum absolute atomic E-state index is 0.0497. The van der Waals surface area contributed by atoms with Crippen molar-refractivity contribution in [2.24, 2.45) is 7.05 Å². The molecule has 0 bridgehead atoms. The number of carbonyl (C=O) groups is 1. The first-order chi connectivity index (χ1) is 10.5. The van der Waals surface area contributed by atoms with Crippen molar-refractivity contribution in [2.75, 3.05) is 11.4 Å². The fourth-order valence-corrected chi connectivity index (χ4v) is 2.87. The molecule has 0 fully saturated rings. The summed E-state index contributed by atoms with van der Waals surface area (Å²) in [7, 11) is 1.90. The average molecular weight is 318 g/mol. The van der Waals surface area contributed by atoms with E-state index >= 15 is 0 Å². The normalized spacial score (nSPS) is 11.0. The van der Waals surface area contributed by atoms with Gasteiger partial charge in [-0.1, -0.05) is 13.8 Å². The highest BCUT2D eigenvalue weighted by Gasteiger charge is 2.21. The van der Waals surface area contributed by atoms with Crippen molar-refractivity contribution < 1.29 is 4.79 Å². The number of hydrogen-bond acceptors (Lipinski definition) is 4. The van der Waals surface area contributed by atoms with E-state index in [1.165, 1.54) is 0 Å². The first-order valence-corrected chi connectivity index (χ1v) is 8.43. The van der Waals surface area contributed by atoms with E-state index in [1.807, 2.05) is 42.4 Å². The maximum absolute atomic E-state index is 12.8. The molecule has 0 atom stereocenters. The van der Waals surface area contributed by atoms with Crippen molar-refractivity contribution in [3.05, 3.63) is 42.2 Å². The third-order valence-electron chi connectivity index (χ3n) is 3.37. The molecular formula is C16H22N4OS. The predicted molar refractivity (Wildman–Crippen MR) is 91.2 cm³/mol. The minimum Gasteiger partial charge on any atom is -0.326 e. The highest BCUT2D eigenvalue weighted by atomic mass is 32.2. The van der Waals surface area contributed by atoms with Gasteiger partial charge in [0.15, 0.2) is 0 Å². The van der Waals surface area contributed by atoms with Gasteiger partial charge in [-0.15, -0.1) is 0 Å². The number of amides is 1. The molecule has 0 spiro atoms. The number of pyridine rings is 1. The lowest BCUT2D eigenvalue weighted by Crippen LogP contribution is -2.32. The summed E-state index contributed by atoms with van der Waals surface area (Å²) in [5.74, 6) is 1.68. The smallest absolute Gasteiger partial charge is 0.276 e. The Bertz CT molecular complexity index is 624. The van der Waals surface area contributed by atoms with Crippen LogP contribution in [0.5, 0.6) is 0 Å². The number of nitrogens with zero attached hydrogens (tertiary/aromatic N) is 4. The van der Waals surface area contributed by atoms with Crippen LogP contribution in [0.4, 0.5) is 5.69 Å². The molecule has 0 radical (unpaired) electrons. The van der Waals surface area contributed by atoms with Crippen molar-refractivity contribution in [2.45, 2.75) is 31.8 Å². The number of thioether (sulfide) groups is 1. The van der Waals surface area contributed by atoms with Crippen LogP contribution in [0, 0.1) is 0 Å². The molecule has 0 unspecified atom stereocenters. The molecule has 2 aromatic heterocycles. The lowest BCUT2D eigenvalue weighted by Gasteiger charge is -2.20. The van der Waals surface area contributed by atoms with Crippen molar-refractivity contribution >= 4 is 23.4 Å². The Morgan fingerprint density at radius 2 is 2.18 bits per heavy atom. The third kappa shape index (κ3) is 3.68. The summed E-state index contributed by atoms with van der Waals surface area (Å²) in [4.78, 5) is 23.0. The second-order valence-corrected chi connectivity index (χ2v) is 6.80. The second-order valence-electron chi connectivity index (χ2n) is 5.24. The fraction of sp³-hybridized carbons (Fsp3) is 0.438. The van der Waals surface area contributed by atoms with Gasteiger partial charge in [-0.05, 0) is 24.3 Å². The van der Waals surface area contributed by atoms with Gasteiger partial charge in [0.05, 0.1) is 23.8 Å². The van der Waals surface area contributed by atoms with Gasteiger partial charge in [-0.25, -0.2) is 4.98 Å². The molecule has 22 heavy (non-hydrogen) atoms. The van der Waals surface area contributed by atoms with Gasteiger partial charge in [-0.3, -0.25) is 9.78 Å². The zero-order valence-electron chi connectivity index (χ0n) is 13.5. The lowest BCUT2D eigenvalue weighted by atomic mass is 10.3. The first-order valence-electron chi connectivity index (χ1n) is 7.38. The monoisotopic (exact) mass is 318 g/mol. The largest absolute Gasteiger partial charge is 0.326 e. The number of imidazole rings is 1. The van der Waals surface area contributed by atoms with Crippen molar-refractivity contribution in [1.29, 1.82) is 0 Å². The van der Waals surface area contributed by atoms with Gasteiger partial charge in [0.25, 0.3) is 5.91 Å². The maximum Gasteiger partial charge on any atom is 0.276 e. The highest BCUT2D eigenvalue weighted by molar-refractivity contribution is 7.99.